The number of amides is 4. The van der Waals surface area contributed by atoms with Crippen LogP contribution in [0, 0.1) is 35.0 Å². The molecule has 7 rings (SSSR count). The highest BCUT2D eigenvalue weighted by molar-refractivity contribution is 6.37. The van der Waals surface area contributed by atoms with Crippen molar-refractivity contribution < 1.29 is 19.2 Å². The Hall–Kier alpha value is -2.38. The molecule has 1 saturated carbocycles. The minimum absolute atomic E-state index is 0.274. The predicted octanol–water partition coefficient (Wildman–Crippen LogP) is 5.81. The predicted molar refractivity (Wildman–Crippen MR) is 137 cm³/mol. The number of carbonyl (C=O) groups excluding carboxylic acids is 4. The number of hydrogen-bond acceptors (Lipinski definition) is 4. The molecule has 2 bridgehead atoms. The maximum absolute atomic E-state index is 13.8. The van der Waals surface area contributed by atoms with Gasteiger partial charge in [0.2, 0.25) is 23.6 Å². The number of rotatable bonds is 2. The van der Waals surface area contributed by atoms with E-state index in [0.29, 0.717) is 0 Å². The molecule has 2 aromatic rings. The van der Waals surface area contributed by atoms with Gasteiger partial charge in [-0.15, -0.1) is 0 Å². The van der Waals surface area contributed by atoms with Gasteiger partial charge in [0.25, 0.3) is 0 Å². The summed E-state index contributed by atoms with van der Waals surface area (Å²) >= 11 is 24.6. The van der Waals surface area contributed by atoms with E-state index >= 15 is 0 Å². The van der Waals surface area contributed by atoms with Crippen molar-refractivity contribution in [1.82, 2.24) is 0 Å². The smallest absolute Gasteiger partial charge is 0.238 e. The number of carbonyl (C=O) groups is 4. The second-order valence-corrected chi connectivity index (χ2v) is 11.8. The number of allylic oxidation sites excluding steroid dienone is 2. The molecule has 4 amide bonds. The van der Waals surface area contributed by atoms with E-state index in [1.807, 2.05) is 13.0 Å². The molecule has 2 aromatic carbocycles. The van der Waals surface area contributed by atoms with Crippen LogP contribution >= 0.6 is 46.4 Å². The van der Waals surface area contributed by atoms with E-state index in [2.05, 4.69) is 0 Å². The standard InChI is InChI=1S/C26H18Cl4N2O4/c1-10-9-26(2)20-18(22(33)31(24(20)35)15-5-11(27)3-12(28)6-15)17(10)19-21(26)25(36)32(23(19)34)16-7-13(29)4-14(30)8-16/h3-9,17-21H,1-2H3/t17?,18-,19-,20-,21+,26?/m0/s1. The normalized spacial score (nSPS) is 32.8. The molecule has 5 aliphatic rings. The Labute approximate surface area is 226 Å². The first kappa shape index (κ1) is 24.0. The number of imide groups is 2. The van der Waals surface area contributed by atoms with Gasteiger partial charge in [-0.05, 0) is 43.3 Å². The molecule has 0 spiro atoms. The highest BCUT2D eigenvalue weighted by atomic mass is 35.5. The zero-order valence-corrected chi connectivity index (χ0v) is 22.0. The molecule has 36 heavy (non-hydrogen) atoms. The van der Waals surface area contributed by atoms with Gasteiger partial charge in [-0.25, -0.2) is 9.80 Å². The lowest BCUT2D eigenvalue weighted by Crippen LogP contribution is -2.57. The lowest BCUT2D eigenvalue weighted by molar-refractivity contribution is -0.146. The minimum atomic E-state index is -1.05. The number of halogens is 4. The summed E-state index contributed by atoms with van der Waals surface area (Å²) in [6.07, 6.45) is 1.90. The van der Waals surface area contributed by atoms with Crippen LogP contribution in [0.1, 0.15) is 13.8 Å². The number of benzene rings is 2. The van der Waals surface area contributed by atoms with Crippen LogP contribution in [0.15, 0.2) is 48.0 Å². The van der Waals surface area contributed by atoms with Crippen molar-refractivity contribution in [3.05, 3.63) is 68.1 Å². The highest BCUT2D eigenvalue weighted by Crippen LogP contribution is 2.66. The first-order chi connectivity index (χ1) is 16.9. The molecule has 2 saturated heterocycles. The second kappa shape index (κ2) is 7.81. The summed E-state index contributed by atoms with van der Waals surface area (Å²) in [5.74, 6) is -5.49. The first-order valence-electron chi connectivity index (χ1n) is 11.3. The zero-order chi connectivity index (χ0) is 25.8. The second-order valence-electron chi connectivity index (χ2n) is 10.1. The van der Waals surface area contributed by atoms with Gasteiger partial charge < -0.3 is 0 Å². The monoisotopic (exact) mass is 562 g/mol. The van der Waals surface area contributed by atoms with Crippen LogP contribution in [0.2, 0.25) is 20.1 Å². The van der Waals surface area contributed by atoms with Gasteiger partial charge in [-0.1, -0.05) is 65.0 Å². The van der Waals surface area contributed by atoms with Gasteiger partial charge in [-0.2, -0.15) is 0 Å². The fourth-order valence-corrected chi connectivity index (χ4v) is 8.04. The molecule has 10 heteroatoms. The third-order valence-electron chi connectivity index (χ3n) is 8.09. The summed E-state index contributed by atoms with van der Waals surface area (Å²) < 4.78 is 0. The van der Waals surface area contributed by atoms with Crippen LogP contribution in [-0.2, 0) is 19.2 Å². The third-order valence-corrected chi connectivity index (χ3v) is 8.96. The topological polar surface area (TPSA) is 74.8 Å². The molecule has 0 aromatic heterocycles. The Balaban J connectivity index is 1.48. The Morgan fingerprint density at radius 1 is 0.611 bits per heavy atom. The fraction of sp³-hybridized carbons (Fsp3) is 0.308. The maximum atomic E-state index is 13.8. The Kier molecular flexibility index (Phi) is 5.20. The molecule has 2 heterocycles. The van der Waals surface area contributed by atoms with Crippen LogP contribution in [0.4, 0.5) is 11.4 Å². The zero-order valence-electron chi connectivity index (χ0n) is 19.0. The summed E-state index contributed by atoms with van der Waals surface area (Å²) in [7, 11) is 0. The Morgan fingerprint density at radius 3 is 1.33 bits per heavy atom. The molecule has 6 atom stereocenters. The first-order valence-corrected chi connectivity index (χ1v) is 12.8. The molecule has 0 N–H and O–H groups in total. The molecular formula is C26H18Cl4N2O4. The summed E-state index contributed by atoms with van der Waals surface area (Å²) in [6.45, 7) is 3.64. The van der Waals surface area contributed by atoms with Gasteiger partial charge in [0.05, 0.1) is 35.0 Å². The molecule has 0 radical (unpaired) electrons. The van der Waals surface area contributed by atoms with Crippen molar-refractivity contribution >= 4 is 81.4 Å². The van der Waals surface area contributed by atoms with Crippen LogP contribution in [0.3, 0.4) is 0 Å². The van der Waals surface area contributed by atoms with Crippen molar-refractivity contribution in [2.24, 2.45) is 35.0 Å². The molecule has 2 unspecified atom stereocenters. The quantitative estimate of drug-likeness (QED) is 0.341. The van der Waals surface area contributed by atoms with Crippen LogP contribution < -0.4 is 9.80 Å². The van der Waals surface area contributed by atoms with Crippen molar-refractivity contribution in [3.8, 4) is 0 Å². The Bertz CT molecular complexity index is 1320. The average Bonchev–Trinajstić information content (AvgIpc) is 3.18. The van der Waals surface area contributed by atoms with E-state index in [1.54, 1.807) is 6.92 Å². The molecule has 184 valence electrons. The summed E-state index contributed by atoms with van der Waals surface area (Å²) in [4.78, 5) is 57.5. The number of anilines is 2. The van der Waals surface area contributed by atoms with Gasteiger partial charge in [-0.3, -0.25) is 19.2 Å². The Morgan fingerprint density at radius 2 is 0.972 bits per heavy atom. The largest absolute Gasteiger partial charge is 0.274 e. The maximum Gasteiger partial charge on any atom is 0.238 e. The lowest BCUT2D eigenvalue weighted by atomic mass is 9.46. The van der Waals surface area contributed by atoms with Crippen LogP contribution in [-0.4, -0.2) is 23.6 Å². The SMILES string of the molecule is CC1=CC2(C)[C@@H]3C(=O)N(c4cc(Cl)cc(Cl)c4)C(=O)[C@H]3C1[C@@H]1C(=O)N(c3cc(Cl)cc(Cl)c3)C(=O)[C@@H]12. The van der Waals surface area contributed by atoms with Crippen molar-refractivity contribution in [2.75, 3.05) is 9.80 Å². The number of hydrogen-bond donors (Lipinski definition) is 0. The molecule has 6 nitrogen and oxygen atoms in total. The summed E-state index contributed by atoms with van der Waals surface area (Å²) in [5, 5.41) is 1.15. The van der Waals surface area contributed by atoms with Gasteiger partial charge in [0, 0.05) is 31.4 Å². The molecule has 2 aliphatic heterocycles. The van der Waals surface area contributed by atoms with Crippen LogP contribution in [0.25, 0.3) is 0 Å². The molecule has 3 aliphatic carbocycles. The van der Waals surface area contributed by atoms with Crippen molar-refractivity contribution in [2.45, 2.75) is 13.8 Å². The van der Waals surface area contributed by atoms with Gasteiger partial charge >= 0.3 is 0 Å². The van der Waals surface area contributed by atoms with Gasteiger partial charge in [0.15, 0.2) is 0 Å². The summed E-state index contributed by atoms with van der Waals surface area (Å²) in [5.41, 5.74) is 0.312. The minimum Gasteiger partial charge on any atom is -0.274 e. The van der Waals surface area contributed by atoms with Crippen LogP contribution in [0.5, 0.6) is 0 Å². The molecule has 3 fully saturated rings. The van der Waals surface area contributed by atoms with Gasteiger partial charge in [0.1, 0.15) is 0 Å². The van der Waals surface area contributed by atoms with E-state index in [1.165, 1.54) is 36.4 Å². The van der Waals surface area contributed by atoms with E-state index < -0.39 is 58.6 Å². The fourth-order valence-electron chi connectivity index (χ4n) is 7.01. The lowest BCUT2D eigenvalue weighted by Gasteiger charge is -2.53. The van der Waals surface area contributed by atoms with Crippen molar-refractivity contribution in [3.63, 3.8) is 0 Å². The average molecular weight is 564 g/mol. The van der Waals surface area contributed by atoms with E-state index in [-0.39, 0.29) is 31.5 Å². The van der Waals surface area contributed by atoms with E-state index in [4.69, 9.17) is 46.4 Å². The van der Waals surface area contributed by atoms with E-state index in [9.17, 15) is 19.2 Å². The number of nitrogens with zero attached hydrogens (tertiary/aromatic N) is 2. The van der Waals surface area contributed by atoms with E-state index in [0.717, 1.165) is 15.4 Å². The van der Waals surface area contributed by atoms with Crippen molar-refractivity contribution in [1.29, 1.82) is 0 Å². The summed E-state index contributed by atoms with van der Waals surface area (Å²) in [6, 6.07) is 9.05. The molecular weight excluding hydrogens is 546 g/mol. The highest BCUT2D eigenvalue weighted by Gasteiger charge is 2.74. The third kappa shape index (κ3) is 3.05.